The third-order valence-electron chi connectivity index (χ3n) is 3.42. The molecule has 1 nitrogen and oxygen atoms in total. The molecule has 0 bridgehead atoms. The van der Waals surface area contributed by atoms with Gasteiger partial charge in [-0.3, -0.25) is 0 Å². The predicted octanol–water partition coefficient (Wildman–Crippen LogP) is 3.89. The van der Waals surface area contributed by atoms with Gasteiger partial charge in [0.15, 0.2) is 0 Å². The van der Waals surface area contributed by atoms with Crippen LogP contribution >= 0.6 is 0 Å². The molecule has 0 heterocycles. The van der Waals surface area contributed by atoms with Gasteiger partial charge in [-0.2, -0.15) is 0 Å². The second kappa shape index (κ2) is 6.05. The Morgan fingerprint density at radius 2 is 1.75 bits per heavy atom. The summed E-state index contributed by atoms with van der Waals surface area (Å²) in [6.45, 7) is 3.01. The lowest BCUT2D eigenvalue weighted by molar-refractivity contribution is 0.0303. The maximum Gasteiger partial charge on any atom is 0.0575 e. The summed E-state index contributed by atoms with van der Waals surface area (Å²) in [5, 5.41) is 0. The Labute approximate surface area is 98.8 Å². The maximum atomic E-state index is 5.92. The number of hydrogen-bond donors (Lipinski definition) is 0. The largest absolute Gasteiger partial charge is 0.378 e. The molecule has 0 radical (unpaired) electrons. The SMILES string of the molecule is Cc1ccc(CCOC2CCCCC2)cc1. The number of aryl methyl sites for hydroxylation is 1. The molecule has 1 aliphatic carbocycles. The summed E-state index contributed by atoms with van der Waals surface area (Å²) >= 11 is 0. The van der Waals surface area contributed by atoms with E-state index in [0.717, 1.165) is 13.0 Å². The van der Waals surface area contributed by atoms with Gasteiger partial charge in [0.25, 0.3) is 0 Å². The monoisotopic (exact) mass is 218 g/mol. The van der Waals surface area contributed by atoms with Gasteiger partial charge >= 0.3 is 0 Å². The van der Waals surface area contributed by atoms with Crippen LogP contribution in [0.15, 0.2) is 24.3 Å². The Hall–Kier alpha value is -0.820. The Bertz CT molecular complexity index is 296. The van der Waals surface area contributed by atoms with Crippen molar-refractivity contribution in [1.82, 2.24) is 0 Å². The number of rotatable bonds is 4. The molecule has 1 aromatic rings. The van der Waals surface area contributed by atoms with Crippen molar-refractivity contribution in [2.45, 2.75) is 51.6 Å². The average molecular weight is 218 g/mol. The molecule has 0 unspecified atom stereocenters. The van der Waals surface area contributed by atoms with Crippen molar-refractivity contribution in [2.24, 2.45) is 0 Å². The second-order valence-electron chi connectivity index (χ2n) is 4.87. The molecule has 1 aromatic carbocycles. The van der Waals surface area contributed by atoms with Crippen LogP contribution in [0.25, 0.3) is 0 Å². The van der Waals surface area contributed by atoms with Crippen molar-refractivity contribution in [3.05, 3.63) is 35.4 Å². The molecule has 16 heavy (non-hydrogen) atoms. The first-order chi connectivity index (χ1) is 7.84. The van der Waals surface area contributed by atoms with E-state index in [-0.39, 0.29) is 0 Å². The van der Waals surface area contributed by atoms with Crippen LogP contribution in [0, 0.1) is 6.92 Å². The first-order valence-electron chi connectivity index (χ1n) is 6.52. The lowest BCUT2D eigenvalue weighted by Crippen LogP contribution is -2.17. The highest BCUT2D eigenvalue weighted by molar-refractivity contribution is 5.21. The first-order valence-corrected chi connectivity index (χ1v) is 6.52. The zero-order valence-corrected chi connectivity index (χ0v) is 10.2. The van der Waals surface area contributed by atoms with Crippen LogP contribution in [-0.4, -0.2) is 12.7 Å². The minimum atomic E-state index is 0.541. The van der Waals surface area contributed by atoms with Crippen LogP contribution < -0.4 is 0 Å². The minimum Gasteiger partial charge on any atom is -0.378 e. The lowest BCUT2D eigenvalue weighted by Gasteiger charge is -2.21. The Balaban J connectivity index is 1.69. The summed E-state index contributed by atoms with van der Waals surface area (Å²) in [6.07, 6.45) is 8.25. The normalized spacial score (nSPS) is 17.6. The van der Waals surface area contributed by atoms with Crippen LogP contribution in [-0.2, 0) is 11.2 Å². The molecule has 0 atom stereocenters. The highest BCUT2D eigenvalue weighted by Crippen LogP contribution is 2.20. The van der Waals surface area contributed by atoms with Gasteiger partial charge in [-0.1, -0.05) is 49.1 Å². The van der Waals surface area contributed by atoms with E-state index in [4.69, 9.17) is 4.74 Å². The van der Waals surface area contributed by atoms with Crippen LogP contribution in [0.2, 0.25) is 0 Å². The van der Waals surface area contributed by atoms with E-state index in [1.807, 2.05) is 0 Å². The molecule has 88 valence electrons. The standard InChI is InChI=1S/C15H22O/c1-13-7-9-14(10-8-13)11-12-16-15-5-3-2-4-6-15/h7-10,15H,2-6,11-12H2,1H3. The molecule has 2 rings (SSSR count). The second-order valence-corrected chi connectivity index (χ2v) is 4.87. The third-order valence-corrected chi connectivity index (χ3v) is 3.42. The third kappa shape index (κ3) is 3.64. The van der Waals surface area contributed by atoms with Gasteiger partial charge in [-0.05, 0) is 31.7 Å². The molecule has 0 aromatic heterocycles. The Morgan fingerprint density at radius 3 is 2.44 bits per heavy atom. The van der Waals surface area contributed by atoms with E-state index in [1.54, 1.807) is 0 Å². The molecule has 1 aliphatic rings. The highest BCUT2D eigenvalue weighted by Gasteiger charge is 2.12. The molecule has 0 aliphatic heterocycles. The van der Waals surface area contributed by atoms with Crippen molar-refractivity contribution in [2.75, 3.05) is 6.61 Å². The van der Waals surface area contributed by atoms with E-state index in [1.165, 1.54) is 43.2 Å². The number of ether oxygens (including phenoxy) is 1. The Morgan fingerprint density at radius 1 is 1.06 bits per heavy atom. The zero-order valence-electron chi connectivity index (χ0n) is 10.2. The van der Waals surface area contributed by atoms with Crippen LogP contribution in [0.4, 0.5) is 0 Å². The minimum absolute atomic E-state index is 0.541. The summed E-state index contributed by atoms with van der Waals surface area (Å²) < 4.78 is 5.92. The van der Waals surface area contributed by atoms with Crippen LogP contribution in [0.5, 0.6) is 0 Å². The smallest absolute Gasteiger partial charge is 0.0575 e. The number of benzene rings is 1. The molecular formula is C15H22O. The van der Waals surface area contributed by atoms with Crippen molar-refractivity contribution in [3.8, 4) is 0 Å². The molecule has 1 saturated carbocycles. The van der Waals surface area contributed by atoms with Crippen molar-refractivity contribution < 1.29 is 4.74 Å². The fraction of sp³-hybridized carbons (Fsp3) is 0.600. The van der Waals surface area contributed by atoms with E-state index >= 15 is 0 Å². The molecular weight excluding hydrogens is 196 g/mol. The van der Waals surface area contributed by atoms with Gasteiger partial charge < -0.3 is 4.74 Å². The fourth-order valence-electron chi connectivity index (χ4n) is 2.33. The van der Waals surface area contributed by atoms with Gasteiger partial charge in [0.2, 0.25) is 0 Å². The summed E-state index contributed by atoms with van der Waals surface area (Å²) in [5.41, 5.74) is 2.72. The van der Waals surface area contributed by atoms with Gasteiger partial charge in [0.1, 0.15) is 0 Å². The van der Waals surface area contributed by atoms with Gasteiger partial charge in [-0.15, -0.1) is 0 Å². The van der Waals surface area contributed by atoms with E-state index < -0.39 is 0 Å². The van der Waals surface area contributed by atoms with Gasteiger partial charge in [-0.25, -0.2) is 0 Å². The van der Waals surface area contributed by atoms with Gasteiger partial charge in [0, 0.05) is 0 Å². The predicted molar refractivity (Wildman–Crippen MR) is 67.7 cm³/mol. The maximum absolute atomic E-state index is 5.92. The van der Waals surface area contributed by atoms with Crippen molar-refractivity contribution in [1.29, 1.82) is 0 Å². The Kier molecular flexibility index (Phi) is 4.41. The van der Waals surface area contributed by atoms with Gasteiger partial charge in [0.05, 0.1) is 12.7 Å². The molecule has 0 amide bonds. The lowest BCUT2D eigenvalue weighted by atomic mass is 9.98. The number of hydrogen-bond acceptors (Lipinski definition) is 1. The average Bonchev–Trinajstić information content (AvgIpc) is 2.33. The van der Waals surface area contributed by atoms with E-state index in [9.17, 15) is 0 Å². The zero-order chi connectivity index (χ0) is 11.2. The molecule has 0 spiro atoms. The molecule has 0 N–H and O–H groups in total. The summed E-state index contributed by atoms with van der Waals surface area (Å²) in [5.74, 6) is 0. The summed E-state index contributed by atoms with van der Waals surface area (Å²) in [7, 11) is 0. The summed E-state index contributed by atoms with van der Waals surface area (Å²) in [6, 6.07) is 8.77. The van der Waals surface area contributed by atoms with E-state index in [0.29, 0.717) is 6.10 Å². The molecule has 1 heteroatoms. The molecule has 1 fully saturated rings. The van der Waals surface area contributed by atoms with E-state index in [2.05, 4.69) is 31.2 Å². The summed E-state index contributed by atoms with van der Waals surface area (Å²) in [4.78, 5) is 0. The van der Waals surface area contributed by atoms with Crippen molar-refractivity contribution in [3.63, 3.8) is 0 Å². The van der Waals surface area contributed by atoms with Crippen molar-refractivity contribution >= 4 is 0 Å². The fourth-order valence-corrected chi connectivity index (χ4v) is 2.33. The van der Waals surface area contributed by atoms with Crippen LogP contribution in [0.3, 0.4) is 0 Å². The quantitative estimate of drug-likeness (QED) is 0.745. The topological polar surface area (TPSA) is 9.23 Å². The highest BCUT2D eigenvalue weighted by atomic mass is 16.5. The molecule has 0 saturated heterocycles. The first kappa shape index (κ1) is 11.7. The van der Waals surface area contributed by atoms with Crippen LogP contribution in [0.1, 0.15) is 43.2 Å².